The quantitative estimate of drug-likeness (QED) is 0.582. The summed E-state index contributed by atoms with van der Waals surface area (Å²) in [5.41, 5.74) is -0.604. The van der Waals surface area contributed by atoms with Crippen LogP contribution in [0.25, 0.3) is 0 Å². The molecule has 1 aromatic rings. The molecule has 0 nitrogen and oxygen atoms in total. The van der Waals surface area contributed by atoms with Crippen LogP contribution in [0.5, 0.6) is 0 Å². The van der Waals surface area contributed by atoms with Gasteiger partial charge in [0.2, 0.25) is 0 Å². The van der Waals surface area contributed by atoms with Crippen LogP contribution in [-0.2, 0) is 6.18 Å². The molecule has 0 saturated carbocycles. The second-order valence-electron chi connectivity index (χ2n) is 2.04. The molecule has 0 aliphatic heterocycles. The third-order valence-electron chi connectivity index (χ3n) is 1.19. The molecule has 0 bridgehead atoms. The van der Waals surface area contributed by atoms with Crippen molar-refractivity contribution in [3.05, 3.63) is 29.8 Å². The second kappa shape index (κ2) is 2.87. The van der Waals surface area contributed by atoms with Crippen molar-refractivity contribution in [1.29, 1.82) is 0 Å². The van der Waals surface area contributed by atoms with Crippen molar-refractivity contribution in [3.63, 3.8) is 0 Å². The van der Waals surface area contributed by atoms with Crippen LogP contribution in [0.4, 0.5) is 13.2 Å². The Morgan fingerprint density at radius 2 is 1.45 bits per heavy atom. The summed E-state index contributed by atoms with van der Waals surface area (Å²) in [7, 11) is 0. The van der Waals surface area contributed by atoms with Crippen molar-refractivity contribution in [2.75, 3.05) is 0 Å². The fraction of sp³-hybridized carbons (Fsp3) is 0.143. The molecule has 0 aliphatic rings. The van der Waals surface area contributed by atoms with Gasteiger partial charge in [0.1, 0.15) is 0 Å². The Labute approximate surface area is 70.2 Å². The Bertz CT molecular complexity index is 237. The first-order valence-corrected chi connectivity index (χ1v) is 3.80. The summed E-state index contributed by atoms with van der Waals surface area (Å²) in [5.74, 6) is 0. The number of hydrogen-bond donors (Lipinski definition) is 0. The van der Waals surface area contributed by atoms with Crippen molar-refractivity contribution >= 4 is 20.5 Å². The third kappa shape index (κ3) is 2.24. The van der Waals surface area contributed by atoms with E-state index in [1.807, 2.05) is 0 Å². The van der Waals surface area contributed by atoms with E-state index >= 15 is 0 Å². The van der Waals surface area contributed by atoms with Crippen molar-refractivity contribution < 1.29 is 13.2 Å². The van der Waals surface area contributed by atoms with E-state index in [1.165, 1.54) is 12.1 Å². The Kier molecular flexibility index (Phi) is 2.25. The van der Waals surface area contributed by atoms with Gasteiger partial charge in [-0.25, -0.2) is 0 Å². The van der Waals surface area contributed by atoms with Crippen LogP contribution in [0.2, 0.25) is 0 Å². The van der Waals surface area contributed by atoms with E-state index in [9.17, 15) is 13.2 Å². The maximum absolute atomic E-state index is 11.9. The molecule has 0 spiro atoms. The van der Waals surface area contributed by atoms with Crippen LogP contribution in [0.15, 0.2) is 24.3 Å². The van der Waals surface area contributed by atoms with Crippen molar-refractivity contribution in [2.45, 2.75) is 6.18 Å². The van der Waals surface area contributed by atoms with Crippen LogP contribution >= 0.6 is 0 Å². The van der Waals surface area contributed by atoms with Crippen LogP contribution in [0.3, 0.4) is 0 Å². The van der Waals surface area contributed by atoms with Crippen molar-refractivity contribution in [3.8, 4) is 0 Å². The van der Waals surface area contributed by atoms with Gasteiger partial charge in [0.05, 0.1) is 0 Å². The van der Waals surface area contributed by atoms with E-state index in [0.717, 1.165) is 16.6 Å². The molecule has 1 rings (SSSR count). The molecule has 60 valence electrons. The molecule has 0 amide bonds. The minimum absolute atomic E-state index is 0.604. The SMILES string of the molecule is FC(F)(F)c1ccc([SeH])cc1. The van der Waals surface area contributed by atoms with Crippen LogP contribution in [0, 0.1) is 0 Å². The third-order valence-corrected chi connectivity index (χ3v) is 1.82. The molecule has 1 aromatic carbocycles. The molecule has 0 aliphatic carbocycles. The molecule has 0 unspecified atom stereocenters. The van der Waals surface area contributed by atoms with Gasteiger partial charge in [-0.2, -0.15) is 0 Å². The summed E-state index contributed by atoms with van der Waals surface area (Å²) in [6, 6.07) is 4.97. The van der Waals surface area contributed by atoms with Crippen molar-refractivity contribution in [2.24, 2.45) is 0 Å². The first-order chi connectivity index (χ1) is 5.00. The summed E-state index contributed by atoms with van der Waals surface area (Å²) in [4.78, 5) is 0. The summed E-state index contributed by atoms with van der Waals surface area (Å²) < 4.78 is 36.5. The number of alkyl halides is 3. The van der Waals surface area contributed by atoms with Crippen LogP contribution in [0.1, 0.15) is 5.56 Å². The number of halogens is 3. The van der Waals surface area contributed by atoms with Gasteiger partial charge in [0, 0.05) is 0 Å². The predicted molar refractivity (Wildman–Crippen MR) is 38.2 cm³/mol. The van der Waals surface area contributed by atoms with Gasteiger partial charge in [0.15, 0.2) is 0 Å². The molecule has 4 heteroatoms. The molecule has 0 saturated heterocycles. The van der Waals surface area contributed by atoms with E-state index < -0.39 is 11.7 Å². The van der Waals surface area contributed by atoms with E-state index in [2.05, 4.69) is 16.0 Å². The van der Waals surface area contributed by atoms with Gasteiger partial charge < -0.3 is 0 Å². The van der Waals surface area contributed by atoms with E-state index in [0.29, 0.717) is 0 Å². The zero-order valence-electron chi connectivity index (χ0n) is 5.39. The normalized spacial score (nSPS) is 11.6. The second-order valence-corrected chi connectivity index (χ2v) is 3.13. The predicted octanol–water partition coefficient (Wildman–Crippen LogP) is 1.23. The number of benzene rings is 1. The van der Waals surface area contributed by atoms with E-state index in [-0.39, 0.29) is 0 Å². The molecule has 0 atom stereocenters. The summed E-state index contributed by atoms with van der Waals surface area (Å²) in [6.45, 7) is 0. The molecule has 0 N–H and O–H groups in total. The minimum atomic E-state index is -4.22. The van der Waals surface area contributed by atoms with Gasteiger partial charge in [-0.1, -0.05) is 0 Å². The Hall–Kier alpha value is -0.471. The molecule has 0 radical (unpaired) electrons. The first kappa shape index (κ1) is 8.62. The van der Waals surface area contributed by atoms with Gasteiger partial charge in [-0.15, -0.1) is 0 Å². The molecule has 11 heavy (non-hydrogen) atoms. The maximum atomic E-state index is 11.9. The van der Waals surface area contributed by atoms with Crippen molar-refractivity contribution in [1.82, 2.24) is 0 Å². The molecule has 0 heterocycles. The first-order valence-electron chi connectivity index (χ1n) is 2.86. The Morgan fingerprint density at radius 1 is 1.00 bits per heavy atom. The van der Waals surface area contributed by atoms with Gasteiger partial charge in [-0.05, 0) is 0 Å². The summed E-state index contributed by atoms with van der Waals surface area (Å²) in [5, 5.41) is 0. The summed E-state index contributed by atoms with van der Waals surface area (Å²) >= 11 is 2.18. The fourth-order valence-electron chi connectivity index (χ4n) is 0.650. The molecule has 0 aromatic heterocycles. The van der Waals surface area contributed by atoms with E-state index in [4.69, 9.17) is 0 Å². The topological polar surface area (TPSA) is 0 Å². The number of hydrogen-bond acceptors (Lipinski definition) is 0. The molecular weight excluding hydrogens is 220 g/mol. The van der Waals surface area contributed by atoms with Gasteiger partial charge in [0.25, 0.3) is 0 Å². The zero-order valence-corrected chi connectivity index (χ0v) is 7.27. The monoisotopic (exact) mass is 226 g/mol. The average molecular weight is 225 g/mol. The molecule has 0 fully saturated rings. The zero-order chi connectivity index (χ0) is 8.48. The van der Waals surface area contributed by atoms with Crippen LogP contribution < -0.4 is 4.46 Å². The standard InChI is InChI=1S/C7H5F3Se/c8-7(9,10)5-1-3-6(11)4-2-5/h1-4,11H. The fourth-order valence-corrected chi connectivity index (χ4v) is 0.963. The Balaban J connectivity index is 2.99. The van der Waals surface area contributed by atoms with Gasteiger partial charge >= 0.3 is 69.7 Å². The van der Waals surface area contributed by atoms with Gasteiger partial charge in [-0.3, -0.25) is 0 Å². The van der Waals surface area contributed by atoms with E-state index in [1.54, 1.807) is 0 Å². The average Bonchev–Trinajstić information content (AvgIpc) is 1.86. The molecular formula is C7H5F3Se. The number of rotatable bonds is 0. The summed E-state index contributed by atoms with van der Waals surface area (Å²) in [6.07, 6.45) is -4.22. The Morgan fingerprint density at radius 3 is 1.82 bits per heavy atom. The van der Waals surface area contributed by atoms with Crippen LogP contribution in [-0.4, -0.2) is 16.0 Å².